The SMILES string of the molecule is CCn1c2c(c3c1C=CC(C(O)/C(CCSc1ccc(Cl)cc1)=N/OC(=O)C(F)(F)F)C3)CC(C(=O)c1ccccc1)C=C2. The van der Waals surface area contributed by atoms with Crippen molar-refractivity contribution < 1.29 is 32.7 Å². The van der Waals surface area contributed by atoms with Gasteiger partial charge in [0.2, 0.25) is 0 Å². The second kappa shape index (κ2) is 13.6. The van der Waals surface area contributed by atoms with Gasteiger partial charge in [-0.3, -0.25) is 4.79 Å². The van der Waals surface area contributed by atoms with Crippen molar-refractivity contribution in [1.82, 2.24) is 4.57 Å². The number of oxime groups is 1. The lowest BCUT2D eigenvalue weighted by molar-refractivity contribution is -0.199. The summed E-state index contributed by atoms with van der Waals surface area (Å²) >= 11 is 7.35. The Morgan fingerprint density at radius 2 is 1.70 bits per heavy atom. The zero-order valence-electron chi connectivity index (χ0n) is 23.8. The van der Waals surface area contributed by atoms with Gasteiger partial charge in [0, 0.05) is 57.4 Å². The van der Waals surface area contributed by atoms with Gasteiger partial charge in [-0.2, -0.15) is 13.2 Å². The first-order valence-electron chi connectivity index (χ1n) is 14.2. The van der Waals surface area contributed by atoms with E-state index in [4.69, 9.17) is 11.6 Å². The van der Waals surface area contributed by atoms with Crippen LogP contribution in [0.25, 0.3) is 12.2 Å². The highest BCUT2D eigenvalue weighted by Gasteiger charge is 2.42. The van der Waals surface area contributed by atoms with Gasteiger partial charge >= 0.3 is 12.1 Å². The Morgan fingerprint density at radius 3 is 2.36 bits per heavy atom. The highest BCUT2D eigenvalue weighted by atomic mass is 35.5. The van der Waals surface area contributed by atoms with Crippen LogP contribution in [0.15, 0.2) is 76.8 Å². The van der Waals surface area contributed by atoms with E-state index in [0.29, 0.717) is 35.7 Å². The molecule has 0 aliphatic heterocycles. The summed E-state index contributed by atoms with van der Waals surface area (Å²) in [5, 5.41) is 15.5. The van der Waals surface area contributed by atoms with E-state index in [1.165, 1.54) is 11.8 Å². The lowest BCUT2D eigenvalue weighted by atomic mass is 9.81. The lowest BCUT2D eigenvalue weighted by Gasteiger charge is -2.25. The maximum absolute atomic E-state index is 13.3. The number of aliphatic hydroxyl groups excluding tert-OH is 1. The van der Waals surface area contributed by atoms with Crippen molar-refractivity contribution in [3.8, 4) is 0 Å². The average Bonchev–Trinajstić information content (AvgIpc) is 3.34. The molecular weight excluding hydrogens is 613 g/mol. The molecule has 3 unspecified atom stereocenters. The number of aromatic nitrogens is 1. The molecule has 0 bridgehead atoms. The van der Waals surface area contributed by atoms with Gasteiger partial charge in [-0.15, -0.1) is 11.8 Å². The number of benzene rings is 2. The molecule has 0 fully saturated rings. The number of carbonyl (C=O) groups excluding carboxylic acids is 2. The molecule has 3 aromatic rings. The summed E-state index contributed by atoms with van der Waals surface area (Å²) < 4.78 is 40.7. The molecule has 11 heteroatoms. The van der Waals surface area contributed by atoms with Crippen molar-refractivity contribution >= 4 is 53.0 Å². The predicted molar refractivity (Wildman–Crippen MR) is 166 cm³/mol. The fourth-order valence-corrected chi connectivity index (χ4v) is 6.62. The number of nitrogens with zero attached hydrogens (tertiary/aromatic N) is 2. The number of carbonyl (C=O) groups is 2. The smallest absolute Gasteiger partial charge is 0.386 e. The zero-order chi connectivity index (χ0) is 31.4. The van der Waals surface area contributed by atoms with E-state index in [2.05, 4.69) is 14.6 Å². The molecule has 1 aromatic heterocycles. The molecule has 6 nitrogen and oxygen atoms in total. The normalized spacial score (nSPS) is 18.5. The molecule has 2 aromatic carbocycles. The summed E-state index contributed by atoms with van der Waals surface area (Å²) in [6.45, 7) is 2.72. The van der Waals surface area contributed by atoms with E-state index in [9.17, 15) is 27.9 Å². The Hall–Kier alpha value is -3.60. The summed E-state index contributed by atoms with van der Waals surface area (Å²) in [6, 6.07) is 16.2. The molecule has 0 radical (unpaired) electrons. The van der Waals surface area contributed by atoms with Gasteiger partial charge in [0.15, 0.2) is 5.78 Å². The van der Waals surface area contributed by atoms with Gasteiger partial charge < -0.3 is 14.5 Å². The number of aliphatic hydroxyl groups is 1. The standard InChI is InChI=1S/C33H30ClF3N2O4S/c1-2-39-28-14-8-21(30(40)20-6-4-3-5-7-20)18-25(28)26-19-22(9-15-29(26)39)31(41)27(38-43-32(42)33(35,36)37)16-17-44-24-12-10-23(34)11-13-24/h3-15,21-22,31,41H,2,16-19H2,1H3/b38-27+. The lowest BCUT2D eigenvalue weighted by Crippen LogP contribution is -2.33. The molecule has 1 N–H and O–H groups in total. The highest BCUT2D eigenvalue weighted by Crippen LogP contribution is 2.38. The Morgan fingerprint density at radius 1 is 1.05 bits per heavy atom. The molecule has 0 saturated heterocycles. The Kier molecular flexibility index (Phi) is 9.82. The number of ketones is 1. The fraction of sp³-hybridized carbons (Fsp3) is 0.303. The molecule has 5 rings (SSSR count). The summed E-state index contributed by atoms with van der Waals surface area (Å²) in [6.07, 6.45) is 2.03. The summed E-state index contributed by atoms with van der Waals surface area (Å²) in [5.74, 6) is -2.97. The van der Waals surface area contributed by atoms with Crippen LogP contribution in [-0.4, -0.2) is 45.2 Å². The minimum absolute atomic E-state index is 0.0209. The number of thioether (sulfide) groups is 1. The van der Waals surface area contributed by atoms with Crippen molar-refractivity contribution in [2.45, 2.75) is 49.9 Å². The van der Waals surface area contributed by atoms with E-state index in [1.807, 2.05) is 49.4 Å². The summed E-state index contributed by atoms with van der Waals surface area (Å²) in [4.78, 5) is 29.8. The number of hydrogen-bond acceptors (Lipinski definition) is 6. The molecule has 3 atom stereocenters. The third kappa shape index (κ3) is 7.03. The van der Waals surface area contributed by atoms with Gasteiger partial charge in [-0.05, 0) is 67.3 Å². The van der Waals surface area contributed by atoms with Gasteiger partial charge in [0.1, 0.15) is 6.10 Å². The molecule has 44 heavy (non-hydrogen) atoms. The molecule has 0 amide bonds. The van der Waals surface area contributed by atoms with Crippen molar-refractivity contribution in [3.05, 3.63) is 99.9 Å². The first-order chi connectivity index (χ1) is 21.1. The van der Waals surface area contributed by atoms with E-state index in [1.54, 1.807) is 36.4 Å². The van der Waals surface area contributed by atoms with Gasteiger partial charge in [0.25, 0.3) is 0 Å². The topological polar surface area (TPSA) is 80.9 Å². The average molecular weight is 643 g/mol. The Labute approximate surface area is 262 Å². The number of alkyl halides is 3. The van der Waals surface area contributed by atoms with Crippen LogP contribution in [0.4, 0.5) is 13.2 Å². The van der Waals surface area contributed by atoms with Crippen molar-refractivity contribution in [1.29, 1.82) is 0 Å². The molecule has 0 saturated carbocycles. The van der Waals surface area contributed by atoms with Crippen LogP contribution in [0.2, 0.25) is 5.02 Å². The fourth-order valence-electron chi connectivity index (χ4n) is 5.62. The number of halogens is 4. The Balaban J connectivity index is 1.37. The quantitative estimate of drug-likeness (QED) is 0.0819. The number of rotatable bonds is 10. The van der Waals surface area contributed by atoms with Crippen molar-refractivity contribution in [3.63, 3.8) is 0 Å². The molecule has 2 aliphatic rings. The molecular formula is C33H30ClF3N2O4S. The Bertz CT molecular complexity index is 1610. The third-order valence-corrected chi connectivity index (χ3v) is 9.06. The van der Waals surface area contributed by atoms with Crippen LogP contribution in [-0.2, 0) is 29.0 Å². The largest absolute Gasteiger partial charge is 0.493 e. The van der Waals surface area contributed by atoms with Gasteiger partial charge in [0.05, 0.1) is 5.71 Å². The number of hydrogen-bond donors (Lipinski definition) is 1. The van der Waals surface area contributed by atoms with Crippen LogP contribution in [0, 0.1) is 11.8 Å². The highest BCUT2D eigenvalue weighted by molar-refractivity contribution is 7.99. The van der Waals surface area contributed by atoms with Crippen LogP contribution in [0.3, 0.4) is 0 Å². The van der Waals surface area contributed by atoms with E-state index in [0.717, 1.165) is 27.4 Å². The maximum atomic E-state index is 13.3. The minimum atomic E-state index is -5.22. The zero-order valence-corrected chi connectivity index (χ0v) is 25.3. The second-order valence-corrected chi connectivity index (χ2v) is 12.2. The minimum Gasteiger partial charge on any atom is -0.386 e. The molecule has 1 heterocycles. The molecule has 230 valence electrons. The van der Waals surface area contributed by atoms with Crippen molar-refractivity contribution in [2.24, 2.45) is 17.0 Å². The van der Waals surface area contributed by atoms with E-state index < -0.39 is 24.2 Å². The van der Waals surface area contributed by atoms with Crippen LogP contribution < -0.4 is 0 Å². The van der Waals surface area contributed by atoms with Gasteiger partial charge in [-0.1, -0.05) is 59.2 Å². The second-order valence-electron chi connectivity index (χ2n) is 10.6. The maximum Gasteiger partial charge on any atom is 0.493 e. The van der Waals surface area contributed by atoms with Crippen LogP contribution in [0.1, 0.15) is 46.2 Å². The number of Topliss-reactive ketones (excluding diaryl/α,β-unsaturated/α-hetero) is 1. The van der Waals surface area contributed by atoms with Crippen LogP contribution >= 0.6 is 23.4 Å². The van der Waals surface area contributed by atoms with E-state index in [-0.39, 0.29) is 23.8 Å². The monoisotopic (exact) mass is 642 g/mol. The number of allylic oxidation sites excluding steroid dienone is 1. The number of fused-ring (bicyclic) bond motifs is 3. The van der Waals surface area contributed by atoms with Gasteiger partial charge in [-0.25, -0.2) is 4.79 Å². The summed E-state index contributed by atoms with van der Waals surface area (Å²) in [7, 11) is 0. The van der Waals surface area contributed by atoms with E-state index >= 15 is 0 Å². The summed E-state index contributed by atoms with van der Waals surface area (Å²) in [5.41, 5.74) is 4.53. The van der Waals surface area contributed by atoms with Crippen molar-refractivity contribution in [2.75, 3.05) is 5.75 Å². The molecule has 2 aliphatic carbocycles. The third-order valence-electron chi connectivity index (χ3n) is 7.79. The first-order valence-corrected chi connectivity index (χ1v) is 15.5. The first kappa shape index (κ1) is 31.8. The predicted octanol–water partition coefficient (Wildman–Crippen LogP) is 7.42. The molecule has 0 spiro atoms. The van der Waals surface area contributed by atoms with Crippen LogP contribution in [0.5, 0.6) is 0 Å².